The molecule has 2 aromatic rings. The van der Waals surface area contributed by atoms with Crippen LogP contribution >= 0.6 is 23.1 Å². The second-order valence-corrected chi connectivity index (χ2v) is 8.73. The number of aryl methyl sites for hydroxylation is 3. The Balaban J connectivity index is 1.63. The van der Waals surface area contributed by atoms with Crippen LogP contribution in [-0.4, -0.2) is 16.6 Å². The number of thiophene rings is 1. The predicted octanol–water partition coefficient (Wildman–Crippen LogP) is 4.50. The Morgan fingerprint density at radius 2 is 2.00 bits per heavy atom. The number of carbonyl (C=O) groups excluding carboxylic acids is 1. The average molecular weight is 397 g/mol. The second kappa shape index (κ2) is 8.56. The maximum absolute atomic E-state index is 12.4. The van der Waals surface area contributed by atoms with Crippen LogP contribution in [0.2, 0.25) is 0 Å². The molecule has 0 bridgehead atoms. The van der Waals surface area contributed by atoms with E-state index in [9.17, 15) is 15.3 Å². The number of fused-ring (bicyclic) bond motifs is 1. The molecule has 0 aliphatic heterocycles. The van der Waals surface area contributed by atoms with E-state index >= 15 is 0 Å². The highest BCUT2D eigenvalue weighted by atomic mass is 32.2. The smallest absolute Gasteiger partial charge is 0.225 e. The van der Waals surface area contributed by atoms with Gasteiger partial charge in [0.2, 0.25) is 5.91 Å². The highest BCUT2D eigenvalue weighted by Crippen LogP contribution is 2.37. The Labute approximate surface area is 167 Å². The van der Waals surface area contributed by atoms with Crippen LogP contribution in [-0.2, 0) is 17.6 Å². The number of thioether (sulfide) groups is 1. The third-order valence-electron chi connectivity index (χ3n) is 4.53. The molecule has 27 heavy (non-hydrogen) atoms. The predicted molar refractivity (Wildman–Crippen MR) is 108 cm³/mol. The first-order chi connectivity index (χ1) is 13.0. The van der Waals surface area contributed by atoms with Crippen molar-refractivity contribution < 1.29 is 4.79 Å². The zero-order chi connectivity index (χ0) is 19.4. The SMILES string of the molecule is Cc1cc(C)c(C#N)c(SCCC(=O)Nc2sc3c(c2C#N)CCCC3)n1. The van der Waals surface area contributed by atoms with Gasteiger partial charge in [-0.2, -0.15) is 10.5 Å². The van der Waals surface area contributed by atoms with Gasteiger partial charge in [-0.25, -0.2) is 4.98 Å². The Morgan fingerprint density at radius 3 is 2.74 bits per heavy atom. The van der Waals surface area contributed by atoms with Gasteiger partial charge in [0, 0.05) is 22.7 Å². The molecule has 0 radical (unpaired) electrons. The number of hydrogen-bond donors (Lipinski definition) is 1. The third-order valence-corrected chi connectivity index (χ3v) is 6.71. The summed E-state index contributed by atoms with van der Waals surface area (Å²) in [6.07, 6.45) is 4.47. The van der Waals surface area contributed by atoms with Crippen LogP contribution in [0.15, 0.2) is 11.1 Å². The lowest BCUT2D eigenvalue weighted by Gasteiger charge is -2.09. The van der Waals surface area contributed by atoms with Gasteiger partial charge in [-0.05, 0) is 56.7 Å². The Hall–Kier alpha value is -2.35. The van der Waals surface area contributed by atoms with Crippen molar-refractivity contribution in [2.24, 2.45) is 0 Å². The van der Waals surface area contributed by atoms with Crippen molar-refractivity contribution in [1.29, 1.82) is 10.5 Å². The number of pyridine rings is 1. The van der Waals surface area contributed by atoms with E-state index in [-0.39, 0.29) is 5.91 Å². The third kappa shape index (κ3) is 4.32. The summed E-state index contributed by atoms with van der Waals surface area (Å²) in [4.78, 5) is 18.0. The van der Waals surface area contributed by atoms with Gasteiger partial charge in [-0.3, -0.25) is 4.79 Å². The quantitative estimate of drug-likeness (QED) is 0.751. The molecule has 1 aliphatic carbocycles. The normalized spacial score (nSPS) is 12.7. The first-order valence-corrected chi connectivity index (χ1v) is 10.7. The summed E-state index contributed by atoms with van der Waals surface area (Å²) in [6, 6.07) is 6.34. The second-order valence-electron chi connectivity index (χ2n) is 6.55. The minimum absolute atomic E-state index is 0.111. The van der Waals surface area contributed by atoms with Crippen LogP contribution in [0.4, 0.5) is 5.00 Å². The van der Waals surface area contributed by atoms with Crippen LogP contribution in [0.3, 0.4) is 0 Å². The largest absolute Gasteiger partial charge is 0.317 e. The van der Waals surface area contributed by atoms with E-state index in [2.05, 4.69) is 22.4 Å². The zero-order valence-corrected chi connectivity index (χ0v) is 17.0. The molecule has 7 heteroatoms. The molecule has 3 rings (SSSR count). The summed E-state index contributed by atoms with van der Waals surface area (Å²) >= 11 is 2.96. The molecule has 0 atom stereocenters. The average Bonchev–Trinajstić information content (AvgIpc) is 2.98. The van der Waals surface area contributed by atoms with Gasteiger partial charge in [0.15, 0.2) is 0 Å². The fourth-order valence-corrected chi connectivity index (χ4v) is 5.54. The molecule has 0 saturated carbocycles. The number of nitriles is 2. The minimum atomic E-state index is -0.111. The lowest BCUT2D eigenvalue weighted by atomic mass is 9.96. The van der Waals surface area contributed by atoms with E-state index in [1.54, 1.807) is 0 Å². The fourth-order valence-electron chi connectivity index (χ4n) is 3.24. The Bertz CT molecular complexity index is 966. The number of hydrogen-bond acceptors (Lipinski definition) is 6. The van der Waals surface area contributed by atoms with Gasteiger partial charge < -0.3 is 5.32 Å². The minimum Gasteiger partial charge on any atom is -0.317 e. The molecule has 0 unspecified atom stereocenters. The van der Waals surface area contributed by atoms with Crippen molar-refractivity contribution in [2.45, 2.75) is 51.0 Å². The van der Waals surface area contributed by atoms with Crippen LogP contribution < -0.4 is 5.32 Å². The molecule has 2 aromatic heterocycles. The highest BCUT2D eigenvalue weighted by molar-refractivity contribution is 7.99. The number of nitrogens with one attached hydrogen (secondary N) is 1. The lowest BCUT2D eigenvalue weighted by molar-refractivity contribution is -0.115. The molecule has 0 saturated heterocycles. The van der Waals surface area contributed by atoms with Crippen molar-refractivity contribution >= 4 is 34.0 Å². The molecule has 138 valence electrons. The van der Waals surface area contributed by atoms with Gasteiger partial charge in [0.05, 0.1) is 11.1 Å². The molecule has 1 aliphatic rings. The van der Waals surface area contributed by atoms with Crippen molar-refractivity contribution in [3.63, 3.8) is 0 Å². The monoisotopic (exact) mass is 396 g/mol. The molecule has 0 aromatic carbocycles. The summed E-state index contributed by atoms with van der Waals surface area (Å²) in [7, 11) is 0. The van der Waals surface area contributed by atoms with Crippen molar-refractivity contribution in [3.8, 4) is 12.1 Å². The lowest BCUT2D eigenvalue weighted by Crippen LogP contribution is -2.12. The number of anilines is 1. The number of aromatic nitrogens is 1. The molecule has 1 amide bonds. The first-order valence-electron chi connectivity index (χ1n) is 8.89. The standard InChI is InChI=1S/C20H20N4OS2/c1-12-9-13(2)23-19(15(12)10-21)26-8-7-18(25)24-20-16(11-22)14-5-3-4-6-17(14)27-20/h9H,3-8H2,1-2H3,(H,24,25). The Kier molecular flexibility index (Phi) is 6.15. The molecule has 2 heterocycles. The van der Waals surface area contributed by atoms with E-state index < -0.39 is 0 Å². The maximum atomic E-state index is 12.4. The summed E-state index contributed by atoms with van der Waals surface area (Å²) in [5.41, 5.74) is 4.10. The van der Waals surface area contributed by atoms with Gasteiger partial charge in [-0.15, -0.1) is 23.1 Å². The molecule has 1 N–H and O–H groups in total. The van der Waals surface area contributed by atoms with Crippen LogP contribution in [0.25, 0.3) is 0 Å². The molecule has 5 nitrogen and oxygen atoms in total. The topological polar surface area (TPSA) is 89.6 Å². The van der Waals surface area contributed by atoms with Gasteiger partial charge in [0.1, 0.15) is 22.2 Å². The molecular formula is C20H20N4OS2. The highest BCUT2D eigenvalue weighted by Gasteiger charge is 2.21. The van der Waals surface area contributed by atoms with E-state index in [4.69, 9.17) is 0 Å². The first kappa shape index (κ1) is 19.4. The summed E-state index contributed by atoms with van der Waals surface area (Å²) in [5, 5.41) is 23.1. The summed E-state index contributed by atoms with van der Waals surface area (Å²) < 4.78 is 0. The van der Waals surface area contributed by atoms with Crippen LogP contribution in [0.1, 0.15) is 52.1 Å². The van der Waals surface area contributed by atoms with Crippen molar-refractivity contribution in [3.05, 3.63) is 38.9 Å². The zero-order valence-electron chi connectivity index (χ0n) is 15.4. The maximum Gasteiger partial charge on any atom is 0.225 e. The number of amides is 1. The summed E-state index contributed by atoms with van der Waals surface area (Å²) in [6.45, 7) is 3.79. The number of nitrogens with zero attached hydrogens (tertiary/aromatic N) is 3. The van der Waals surface area contributed by atoms with Crippen molar-refractivity contribution in [2.75, 3.05) is 11.1 Å². The summed E-state index contributed by atoms with van der Waals surface area (Å²) in [5.74, 6) is 0.420. The fraction of sp³-hybridized carbons (Fsp3) is 0.400. The van der Waals surface area contributed by atoms with Crippen LogP contribution in [0.5, 0.6) is 0 Å². The van der Waals surface area contributed by atoms with Crippen LogP contribution in [0, 0.1) is 36.5 Å². The van der Waals surface area contributed by atoms with E-state index in [1.807, 2.05) is 19.9 Å². The number of rotatable bonds is 5. The van der Waals surface area contributed by atoms with E-state index in [0.717, 1.165) is 42.5 Å². The Morgan fingerprint density at radius 1 is 1.26 bits per heavy atom. The van der Waals surface area contributed by atoms with E-state index in [0.29, 0.717) is 33.3 Å². The van der Waals surface area contributed by atoms with Gasteiger partial charge >= 0.3 is 0 Å². The van der Waals surface area contributed by atoms with E-state index in [1.165, 1.54) is 28.0 Å². The van der Waals surface area contributed by atoms with Gasteiger partial charge in [-0.1, -0.05) is 0 Å². The molecule has 0 fully saturated rings. The van der Waals surface area contributed by atoms with Gasteiger partial charge in [0.25, 0.3) is 0 Å². The number of carbonyl (C=O) groups is 1. The van der Waals surface area contributed by atoms with Crippen molar-refractivity contribution in [1.82, 2.24) is 4.98 Å². The molecule has 0 spiro atoms. The molecular weight excluding hydrogens is 376 g/mol.